The Bertz CT molecular complexity index is 5310. The molecule has 15 aromatic heterocycles. The number of nitrogens with zero attached hydrogens (tertiary/aromatic N) is 14. The molecular weight excluding hydrogens is 1500 g/mol. The second-order valence-corrected chi connectivity index (χ2v) is 29.6. The van der Waals surface area contributed by atoms with Crippen LogP contribution in [-0.2, 0) is 28.2 Å². The summed E-state index contributed by atoms with van der Waals surface area (Å²) in [5.74, 6) is -2.51. The first-order valence-corrected chi connectivity index (χ1v) is 37.3. The van der Waals surface area contributed by atoms with Crippen LogP contribution in [0.2, 0.25) is 5.02 Å². The zero-order valence-electron chi connectivity index (χ0n) is 55.2. The summed E-state index contributed by atoms with van der Waals surface area (Å²) in [6, 6.07) is 38.4. The minimum Gasteiger partial charge on any atom is -0.463 e. The Morgan fingerprint density at radius 3 is 1.28 bits per heavy atom. The molecule has 526 valence electrons. The minimum absolute atomic E-state index is 0.0767. The van der Waals surface area contributed by atoms with Gasteiger partial charge in [0.25, 0.3) is 23.6 Å². The molecule has 34 heteroatoms. The number of anilines is 4. The van der Waals surface area contributed by atoms with E-state index in [0.717, 1.165) is 86.3 Å². The Morgan fingerprint density at radius 1 is 0.419 bits per heavy atom. The predicted molar refractivity (Wildman–Crippen MR) is 408 cm³/mol. The Balaban J connectivity index is 0.000000124. The third kappa shape index (κ3) is 17.1. The van der Waals surface area contributed by atoms with Crippen molar-refractivity contribution in [1.29, 1.82) is 0 Å². The molecule has 0 aliphatic carbocycles. The molecular formula is C71H52ClF3N18O5S7. The average Bonchev–Trinajstić information content (AvgIpc) is 1.68. The first kappa shape index (κ1) is 71.8. The third-order valence-electron chi connectivity index (χ3n) is 14.9. The number of aromatic nitrogens is 14. The molecule has 0 saturated heterocycles. The van der Waals surface area contributed by atoms with Gasteiger partial charge in [0.1, 0.15) is 37.8 Å². The number of amides is 4. The van der Waals surface area contributed by atoms with E-state index in [1.54, 1.807) is 86.9 Å². The number of benzene rings is 1. The number of rotatable bonds is 16. The van der Waals surface area contributed by atoms with E-state index in [4.69, 9.17) is 16.0 Å². The largest absolute Gasteiger partial charge is 0.463 e. The summed E-state index contributed by atoms with van der Waals surface area (Å²) in [4.78, 5) is 79.5. The van der Waals surface area contributed by atoms with Crippen molar-refractivity contribution in [1.82, 2.24) is 69.0 Å². The van der Waals surface area contributed by atoms with E-state index in [1.807, 2.05) is 117 Å². The molecule has 0 aliphatic rings. The topological polar surface area (TPSA) is 278 Å². The van der Waals surface area contributed by atoms with E-state index in [2.05, 4.69) is 71.6 Å². The zero-order valence-corrected chi connectivity index (χ0v) is 61.7. The molecule has 0 atom stereocenters. The minimum atomic E-state index is -0.572. The molecule has 0 bridgehead atoms. The Morgan fingerprint density at radius 2 is 0.857 bits per heavy atom. The van der Waals surface area contributed by atoms with Crippen molar-refractivity contribution < 1.29 is 36.8 Å². The third-order valence-corrected chi connectivity index (χ3v) is 22.1. The van der Waals surface area contributed by atoms with Crippen LogP contribution in [0.25, 0.3) is 85.8 Å². The van der Waals surface area contributed by atoms with Crippen molar-refractivity contribution in [3.63, 3.8) is 0 Å². The van der Waals surface area contributed by atoms with Gasteiger partial charge in [-0.05, 0) is 134 Å². The van der Waals surface area contributed by atoms with Gasteiger partial charge in [0.2, 0.25) is 0 Å². The summed E-state index contributed by atoms with van der Waals surface area (Å²) < 4.78 is 53.6. The molecule has 105 heavy (non-hydrogen) atoms. The van der Waals surface area contributed by atoms with E-state index in [0.29, 0.717) is 41.5 Å². The Hall–Kier alpha value is -11.6. The van der Waals surface area contributed by atoms with Crippen LogP contribution in [0.1, 0.15) is 44.3 Å². The van der Waals surface area contributed by atoms with Crippen LogP contribution in [0.4, 0.5) is 36.2 Å². The van der Waals surface area contributed by atoms with Crippen molar-refractivity contribution in [2.45, 2.75) is 6.92 Å². The lowest BCUT2D eigenvalue weighted by atomic mass is 10.2. The number of para-hydroxylation sites is 1. The lowest BCUT2D eigenvalue weighted by Gasteiger charge is -2.05. The first-order chi connectivity index (χ1) is 50.9. The average molecular weight is 1550 g/mol. The zero-order chi connectivity index (χ0) is 73.3. The number of thiazole rings is 3. The fourth-order valence-corrected chi connectivity index (χ4v) is 15.7. The van der Waals surface area contributed by atoms with Crippen molar-refractivity contribution in [2.24, 2.45) is 28.2 Å². The number of furan rings is 1. The van der Waals surface area contributed by atoms with Gasteiger partial charge in [-0.15, -0.1) is 79.4 Å². The molecule has 0 spiro atoms. The van der Waals surface area contributed by atoms with Crippen LogP contribution in [0, 0.1) is 24.4 Å². The lowest BCUT2D eigenvalue weighted by molar-refractivity contribution is 0.102. The molecule has 0 saturated carbocycles. The van der Waals surface area contributed by atoms with E-state index >= 15 is 0 Å². The van der Waals surface area contributed by atoms with Gasteiger partial charge < -0.3 is 25.7 Å². The highest BCUT2D eigenvalue weighted by atomic mass is 35.5. The smallest absolute Gasteiger partial charge is 0.266 e. The maximum Gasteiger partial charge on any atom is 0.266 e. The highest BCUT2D eigenvalue weighted by Crippen LogP contribution is 2.37. The molecule has 16 rings (SSSR count). The molecule has 4 amide bonds. The number of hydrogen-bond acceptors (Lipinski definition) is 22. The van der Waals surface area contributed by atoms with Crippen molar-refractivity contribution >= 4 is 138 Å². The number of halogens is 4. The number of carbonyl (C=O) groups is 4. The summed E-state index contributed by atoms with van der Waals surface area (Å²) in [5, 5.41) is 37.0. The highest BCUT2D eigenvalue weighted by Gasteiger charge is 2.22. The maximum absolute atomic E-state index is 13.9. The fourth-order valence-electron chi connectivity index (χ4n) is 9.94. The van der Waals surface area contributed by atoms with Gasteiger partial charge in [-0.25, -0.2) is 38.1 Å². The van der Waals surface area contributed by atoms with E-state index in [1.165, 1.54) is 122 Å². The quantitative estimate of drug-likeness (QED) is 0.0700. The van der Waals surface area contributed by atoms with Crippen molar-refractivity contribution in [3.05, 3.63) is 247 Å². The molecule has 4 N–H and O–H groups in total. The van der Waals surface area contributed by atoms with Crippen molar-refractivity contribution in [3.8, 4) is 85.8 Å². The lowest BCUT2D eigenvalue weighted by Crippen LogP contribution is -2.12. The second-order valence-electron chi connectivity index (χ2n) is 22.1. The standard InChI is InChI=1S/C19H14ClN3O2S.C18H14FN5OS2.2C17H12FN5OS2/c1-23-15(11-14(22-23)16-7-4-10-25-16)17-8-9-18(26-17)19(24)21-13-6-3-2-5-12(13)20;1-10-7-11(19)16(21-9-10)22-17(25)15-4-3-14(27-15)13-8-12(23-24(13)2)18-20-5-6-26-18;1-23-13(8-12(22-23)17-20-6-7-25-17)14-2-3-15(26-14)16(24)21-11-4-5-19-9-10(11)18;1-23-12(9-11(22-23)17-20-7-8-25-17)13-4-5-14(26-13)16(24)21-15-10(18)3-2-6-19-15/h2-11H,1H3,(H,21,24);3-9H,1-2H3,(H,21,22,25);2*2-9H,1H3,(H,19,21,24). The van der Waals surface area contributed by atoms with Gasteiger partial charge in [-0.2, -0.15) is 20.4 Å². The maximum atomic E-state index is 13.9. The predicted octanol–water partition coefficient (Wildman–Crippen LogP) is 17.8. The number of thiophene rings is 4. The molecule has 15 heterocycles. The van der Waals surface area contributed by atoms with E-state index < -0.39 is 29.3 Å². The van der Waals surface area contributed by atoms with Crippen molar-refractivity contribution in [2.75, 3.05) is 21.3 Å². The van der Waals surface area contributed by atoms with Crippen LogP contribution < -0.4 is 21.3 Å². The van der Waals surface area contributed by atoms with Gasteiger partial charge in [0.15, 0.2) is 34.8 Å². The highest BCUT2D eigenvalue weighted by molar-refractivity contribution is 7.19. The van der Waals surface area contributed by atoms with Gasteiger partial charge in [-0.3, -0.25) is 42.9 Å². The van der Waals surface area contributed by atoms with Gasteiger partial charge >= 0.3 is 0 Å². The molecule has 23 nitrogen and oxygen atoms in total. The van der Waals surface area contributed by atoms with Crippen LogP contribution in [-0.4, -0.2) is 92.7 Å². The van der Waals surface area contributed by atoms with E-state index in [9.17, 15) is 32.3 Å². The Labute approximate surface area is 627 Å². The SMILES string of the molecule is Cc1cnc(NC(=O)c2ccc(-c3cc(-c4nccs4)nn3C)s2)c(F)c1.Cn1nc(-c2ccco2)cc1-c1ccc(C(=O)Nc2ccccc2Cl)s1.Cn1nc(-c2nccs2)cc1-c1ccc(C(=O)Nc2ccncc2F)s1.Cn1nc(-c2nccs2)cc1-c1ccc(C(=O)Nc2ncccc2F)s1. The number of nitrogens with one attached hydrogen (secondary N) is 4. The molecule has 0 unspecified atom stereocenters. The van der Waals surface area contributed by atoms with Gasteiger partial charge in [-0.1, -0.05) is 23.7 Å². The summed E-state index contributed by atoms with van der Waals surface area (Å²) >= 11 is 16.0. The molecule has 16 aromatic rings. The van der Waals surface area contributed by atoms with E-state index in [-0.39, 0.29) is 29.1 Å². The first-order valence-electron chi connectivity index (χ1n) is 31.0. The molecule has 0 fully saturated rings. The monoisotopic (exact) mass is 1550 g/mol. The van der Waals surface area contributed by atoms with Crippen LogP contribution in [0.3, 0.4) is 0 Å². The molecule has 0 radical (unpaired) electrons. The van der Waals surface area contributed by atoms with Crippen LogP contribution in [0.5, 0.6) is 0 Å². The van der Waals surface area contributed by atoms with Gasteiger partial charge in [0, 0.05) is 81.5 Å². The van der Waals surface area contributed by atoms with Crippen LogP contribution >= 0.6 is 91.0 Å². The van der Waals surface area contributed by atoms with Crippen LogP contribution in [0.15, 0.2) is 204 Å². The summed E-state index contributed by atoms with van der Waals surface area (Å²) in [6.45, 7) is 1.74. The van der Waals surface area contributed by atoms with Gasteiger partial charge in [0.05, 0.1) is 90.7 Å². The fraction of sp³-hybridized carbons (Fsp3) is 0.0704. The molecule has 0 aliphatic heterocycles. The molecule has 1 aromatic carbocycles. The number of carbonyl (C=O) groups excluding carboxylic acids is 4. The number of hydrogen-bond donors (Lipinski definition) is 4. The number of pyridine rings is 3. The normalized spacial score (nSPS) is 10.9. The summed E-state index contributed by atoms with van der Waals surface area (Å²) in [5.41, 5.74) is 8.05. The summed E-state index contributed by atoms with van der Waals surface area (Å²) in [6.07, 6.45) is 12.2. The number of aryl methyl sites for hydroxylation is 5. The second kappa shape index (κ2) is 32.4. The summed E-state index contributed by atoms with van der Waals surface area (Å²) in [7, 11) is 7.40. The Kier molecular flexibility index (Phi) is 22.2.